The van der Waals surface area contributed by atoms with Crippen LogP contribution in [-0.4, -0.2) is 15.7 Å². The van der Waals surface area contributed by atoms with Crippen LogP contribution in [0, 0.1) is 0 Å². The smallest absolute Gasteiger partial charge is 0.256 e. The van der Waals surface area contributed by atoms with E-state index >= 15 is 0 Å². The van der Waals surface area contributed by atoms with Gasteiger partial charge in [0.15, 0.2) is 0 Å². The number of aromatic nitrogens is 2. The third-order valence-corrected chi connectivity index (χ3v) is 4.67. The molecule has 0 aliphatic heterocycles. The van der Waals surface area contributed by atoms with Crippen LogP contribution in [0.25, 0.3) is 0 Å². The third kappa shape index (κ3) is 3.63. The van der Waals surface area contributed by atoms with Gasteiger partial charge in [-0.05, 0) is 36.5 Å². The lowest BCUT2D eigenvalue weighted by Crippen LogP contribution is -2.20. The summed E-state index contributed by atoms with van der Waals surface area (Å²) in [7, 11) is 0. The highest BCUT2D eigenvalue weighted by atomic mass is 16.1. The van der Waals surface area contributed by atoms with E-state index in [2.05, 4.69) is 24.3 Å². The Hall–Kier alpha value is -2.10. The quantitative estimate of drug-likeness (QED) is 0.884. The molecule has 1 aromatic carbocycles. The summed E-state index contributed by atoms with van der Waals surface area (Å²) in [4.78, 5) is 12.5. The zero-order chi connectivity index (χ0) is 16.2. The van der Waals surface area contributed by atoms with Gasteiger partial charge in [0.1, 0.15) is 5.82 Å². The molecular weight excluding hydrogens is 286 g/mol. The number of benzene rings is 1. The summed E-state index contributed by atoms with van der Waals surface area (Å²) in [5, 5.41) is 7.44. The van der Waals surface area contributed by atoms with Gasteiger partial charge in [0.2, 0.25) is 0 Å². The van der Waals surface area contributed by atoms with E-state index in [0.29, 0.717) is 17.5 Å². The lowest BCUT2D eigenvalue weighted by molar-refractivity contribution is 0.102. The lowest BCUT2D eigenvalue weighted by Gasteiger charge is -2.23. The Morgan fingerprint density at radius 3 is 2.48 bits per heavy atom. The maximum Gasteiger partial charge on any atom is 0.256 e. The molecule has 1 N–H and O–H groups in total. The molecule has 0 radical (unpaired) electrons. The van der Waals surface area contributed by atoms with Crippen molar-refractivity contribution in [3.8, 4) is 0 Å². The molecule has 3 rings (SSSR count). The Labute approximate surface area is 137 Å². The minimum absolute atomic E-state index is 0.0714. The van der Waals surface area contributed by atoms with Gasteiger partial charge in [0.05, 0.1) is 12.2 Å². The molecule has 4 nitrogen and oxygen atoms in total. The predicted octanol–water partition coefficient (Wildman–Crippen LogP) is 4.76. The second-order valence-corrected chi connectivity index (χ2v) is 6.68. The minimum atomic E-state index is -0.0714. The van der Waals surface area contributed by atoms with Crippen LogP contribution in [0.4, 0.5) is 5.82 Å². The molecule has 23 heavy (non-hydrogen) atoms. The van der Waals surface area contributed by atoms with Crippen molar-refractivity contribution in [3.63, 3.8) is 0 Å². The van der Waals surface area contributed by atoms with E-state index in [1.54, 1.807) is 6.20 Å². The minimum Gasteiger partial charge on any atom is -0.307 e. The summed E-state index contributed by atoms with van der Waals surface area (Å²) in [6, 6.07) is 10.1. The van der Waals surface area contributed by atoms with Crippen molar-refractivity contribution in [2.24, 2.45) is 0 Å². The van der Waals surface area contributed by atoms with Crippen molar-refractivity contribution >= 4 is 11.7 Å². The Kier molecular flexibility index (Phi) is 4.79. The maximum absolute atomic E-state index is 12.5. The van der Waals surface area contributed by atoms with E-state index in [4.69, 9.17) is 0 Å². The lowest BCUT2D eigenvalue weighted by atomic mass is 9.96. The van der Waals surface area contributed by atoms with Crippen molar-refractivity contribution in [2.75, 3.05) is 5.32 Å². The normalized spacial score (nSPS) is 15.8. The fourth-order valence-corrected chi connectivity index (χ4v) is 3.24. The number of rotatable bonds is 4. The fourth-order valence-electron chi connectivity index (χ4n) is 3.24. The van der Waals surface area contributed by atoms with Crippen LogP contribution in [-0.2, 0) is 0 Å². The van der Waals surface area contributed by atoms with Crippen LogP contribution in [0.1, 0.15) is 73.8 Å². The Morgan fingerprint density at radius 1 is 1.13 bits per heavy atom. The van der Waals surface area contributed by atoms with Crippen molar-refractivity contribution in [1.29, 1.82) is 0 Å². The molecule has 1 aliphatic carbocycles. The van der Waals surface area contributed by atoms with Crippen LogP contribution in [0.2, 0.25) is 0 Å². The largest absolute Gasteiger partial charge is 0.307 e. The van der Waals surface area contributed by atoms with Gasteiger partial charge in [-0.25, -0.2) is 4.68 Å². The van der Waals surface area contributed by atoms with Crippen LogP contribution in [0.15, 0.2) is 36.5 Å². The number of amides is 1. The fraction of sp³-hybridized carbons (Fsp3) is 0.474. The van der Waals surface area contributed by atoms with Crippen LogP contribution < -0.4 is 5.32 Å². The van der Waals surface area contributed by atoms with Gasteiger partial charge in [0.25, 0.3) is 5.91 Å². The zero-order valence-electron chi connectivity index (χ0n) is 14.0. The predicted molar refractivity (Wildman–Crippen MR) is 92.8 cm³/mol. The summed E-state index contributed by atoms with van der Waals surface area (Å²) in [6.07, 6.45) is 7.86. The second-order valence-electron chi connectivity index (χ2n) is 6.68. The number of hydrogen-bond acceptors (Lipinski definition) is 2. The van der Waals surface area contributed by atoms with Crippen LogP contribution in [0.5, 0.6) is 0 Å². The average molecular weight is 311 g/mol. The number of carbonyl (C=O) groups is 1. The number of nitrogens with zero attached hydrogens (tertiary/aromatic N) is 2. The van der Waals surface area contributed by atoms with Gasteiger partial charge in [-0.2, -0.15) is 5.10 Å². The van der Waals surface area contributed by atoms with Gasteiger partial charge >= 0.3 is 0 Å². The molecule has 1 amide bonds. The molecule has 0 saturated heterocycles. The van der Waals surface area contributed by atoms with Gasteiger partial charge in [-0.3, -0.25) is 4.79 Å². The van der Waals surface area contributed by atoms with Crippen LogP contribution in [0.3, 0.4) is 0 Å². The molecule has 4 heteroatoms. The van der Waals surface area contributed by atoms with Gasteiger partial charge in [-0.1, -0.05) is 45.2 Å². The van der Waals surface area contributed by atoms with Crippen molar-refractivity contribution in [1.82, 2.24) is 9.78 Å². The summed E-state index contributed by atoms with van der Waals surface area (Å²) < 4.78 is 1.99. The van der Waals surface area contributed by atoms with Crippen molar-refractivity contribution < 1.29 is 4.79 Å². The van der Waals surface area contributed by atoms with E-state index in [-0.39, 0.29) is 5.91 Å². The number of anilines is 1. The Bertz CT molecular complexity index is 652. The van der Waals surface area contributed by atoms with E-state index in [0.717, 1.165) is 18.7 Å². The van der Waals surface area contributed by atoms with Crippen molar-refractivity contribution in [3.05, 3.63) is 47.7 Å². The van der Waals surface area contributed by atoms with E-state index < -0.39 is 0 Å². The molecule has 1 aromatic heterocycles. The first kappa shape index (κ1) is 15.8. The highest BCUT2D eigenvalue weighted by molar-refractivity contribution is 6.03. The first-order valence-electron chi connectivity index (χ1n) is 8.60. The van der Waals surface area contributed by atoms with Gasteiger partial charge in [-0.15, -0.1) is 0 Å². The Morgan fingerprint density at radius 2 is 1.83 bits per heavy atom. The summed E-state index contributed by atoms with van der Waals surface area (Å²) >= 11 is 0. The molecule has 1 saturated carbocycles. The molecule has 2 aromatic rings. The SMILES string of the molecule is CC(C)c1ccc(C(=O)Nc2ccnn2C2CCCCC2)cc1. The highest BCUT2D eigenvalue weighted by Crippen LogP contribution is 2.30. The van der Waals surface area contributed by atoms with Crippen LogP contribution >= 0.6 is 0 Å². The molecule has 0 unspecified atom stereocenters. The first-order valence-corrected chi connectivity index (χ1v) is 8.60. The molecule has 122 valence electrons. The third-order valence-electron chi connectivity index (χ3n) is 4.67. The molecule has 0 atom stereocenters. The standard InChI is InChI=1S/C19H25N3O/c1-14(2)15-8-10-16(11-9-15)19(23)21-18-12-13-20-22(18)17-6-4-3-5-7-17/h8-14,17H,3-7H2,1-2H3,(H,21,23). The van der Waals surface area contributed by atoms with E-state index in [9.17, 15) is 4.79 Å². The van der Waals surface area contributed by atoms with Gasteiger partial charge < -0.3 is 5.32 Å². The number of nitrogens with one attached hydrogen (secondary N) is 1. The topological polar surface area (TPSA) is 46.9 Å². The molecular formula is C19H25N3O. The second kappa shape index (κ2) is 6.99. The molecule has 1 heterocycles. The first-order chi connectivity index (χ1) is 11.1. The van der Waals surface area contributed by atoms with E-state index in [1.165, 1.54) is 24.8 Å². The number of hydrogen-bond donors (Lipinski definition) is 1. The van der Waals surface area contributed by atoms with Gasteiger partial charge in [0, 0.05) is 11.6 Å². The molecule has 0 spiro atoms. The average Bonchev–Trinajstić information content (AvgIpc) is 3.04. The number of carbonyl (C=O) groups excluding carboxylic acids is 1. The summed E-state index contributed by atoms with van der Waals surface area (Å²) in [5.41, 5.74) is 1.93. The molecule has 0 bridgehead atoms. The molecule has 1 aliphatic rings. The summed E-state index contributed by atoms with van der Waals surface area (Å²) in [6.45, 7) is 4.30. The van der Waals surface area contributed by atoms with Crippen molar-refractivity contribution in [2.45, 2.75) is 57.9 Å². The maximum atomic E-state index is 12.5. The monoisotopic (exact) mass is 311 g/mol. The zero-order valence-corrected chi connectivity index (χ0v) is 14.0. The Balaban J connectivity index is 1.71. The summed E-state index contributed by atoms with van der Waals surface area (Å²) in [5.74, 6) is 1.20. The molecule has 1 fully saturated rings. The highest BCUT2D eigenvalue weighted by Gasteiger charge is 2.19. The van der Waals surface area contributed by atoms with E-state index in [1.807, 2.05) is 35.0 Å².